The maximum Gasteiger partial charge on any atom is 0.265 e. The molecule has 2 N–H and O–H groups in total. The van der Waals surface area contributed by atoms with Crippen molar-refractivity contribution in [2.24, 2.45) is 0 Å². The van der Waals surface area contributed by atoms with Crippen molar-refractivity contribution in [3.8, 4) is 0 Å². The van der Waals surface area contributed by atoms with Crippen LogP contribution in [0.15, 0.2) is 66.1 Å². The Bertz CT molecular complexity index is 703. The van der Waals surface area contributed by atoms with Gasteiger partial charge >= 0.3 is 0 Å². The molecule has 0 fully saturated rings. The Morgan fingerprint density at radius 2 is 1.82 bits per heavy atom. The third-order valence-electron chi connectivity index (χ3n) is 2.68. The summed E-state index contributed by atoms with van der Waals surface area (Å²) in [7, 11) is 0. The second-order valence-electron chi connectivity index (χ2n) is 4.39. The third-order valence-corrected chi connectivity index (χ3v) is 3.55. The highest BCUT2D eigenvalue weighted by Crippen LogP contribution is 2.17. The summed E-state index contributed by atoms with van der Waals surface area (Å²) in [6.45, 7) is 1.88. The maximum atomic E-state index is 12.0. The molecule has 0 spiro atoms. The Labute approximate surface area is 133 Å². The average molecular weight is 312 g/mol. The molecule has 1 aromatic carbocycles. The molecule has 2 aromatic rings. The molecule has 22 heavy (non-hydrogen) atoms. The summed E-state index contributed by atoms with van der Waals surface area (Å²) >= 11 is 1.38. The first-order valence-corrected chi connectivity index (χ1v) is 7.62. The first-order valence-electron chi connectivity index (χ1n) is 6.74. The van der Waals surface area contributed by atoms with Gasteiger partial charge in [0.15, 0.2) is 0 Å². The molecule has 0 radical (unpaired) electrons. The van der Waals surface area contributed by atoms with Crippen LogP contribution >= 0.6 is 11.3 Å². The lowest BCUT2D eigenvalue weighted by molar-refractivity contribution is -0.111. The number of amides is 2. The van der Waals surface area contributed by atoms with Gasteiger partial charge in [0.2, 0.25) is 5.91 Å². The standard InChI is InChI=1S/C17H16N2O2S/c1-2-3-4-10-16(20)18-13-7-5-8-14(12-13)19-17(21)15-9-6-11-22-15/h2-12H,1H3,(H,18,20)(H,19,21)/b3-2+,10-4+. The molecule has 5 heteroatoms. The summed E-state index contributed by atoms with van der Waals surface area (Å²) in [6.07, 6.45) is 6.72. The van der Waals surface area contributed by atoms with E-state index in [-0.39, 0.29) is 11.8 Å². The number of thiophene rings is 1. The van der Waals surface area contributed by atoms with Crippen LogP contribution < -0.4 is 10.6 Å². The minimum absolute atomic E-state index is 0.161. The van der Waals surface area contributed by atoms with Gasteiger partial charge in [0, 0.05) is 17.5 Å². The number of anilines is 2. The smallest absolute Gasteiger partial charge is 0.265 e. The van der Waals surface area contributed by atoms with Crippen LogP contribution in [-0.2, 0) is 4.79 Å². The highest BCUT2D eigenvalue weighted by molar-refractivity contribution is 7.12. The summed E-state index contributed by atoms with van der Waals surface area (Å²) < 4.78 is 0. The van der Waals surface area contributed by atoms with Crippen molar-refractivity contribution in [3.63, 3.8) is 0 Å². The summed E-state index contributed by atoms with van der Waals surface area (Å²) in [4.78, 5) is 24.3. The van der Waals surface area contributed by atoms with Crippen molar-refractivity contribution in [1.29, 1.82) is 0 Å². The van der Waals surface area contributed by atoms with Gasteiger partial charge in [0.1, 0.15) is 0 Å². The highest BCUT2D eigenvalue weighted by Gasteiger charge is 2.07. The molecule has 0 aliphatic heterocycles. The lowest BCUT2D eigenvalue weighted by atomic mass is 10.2. The average Bonchev–Trinajstić information content (AvgIpc) is 3.02. The van der Waals surface area contributed by atoms with Gasteiger partial charge in [-0.3, -0.25) is 9.59 Å². The largest absolute Gasteiger partial charge is 0.322 e. The minimum Gasteiger partial charge on any atom is -0.322 e. The van der Waals surface area contributed by atoms with Crippen molar-refractivity contribution >= 4 is 34.5 Å². The highest BCUT2D eigenvalue weighted by atomic mass is 32.1. The number of carbonyl (C=O) groups is 2. The second kappa shape index (κ2) is 7.95. The van der Waals surface area contributed by atoms with E-state index < -0.39 is 0 Å². The van der Waals surface area contributed by atoms with Crippen molar-refractivity contribution in [1.82, 2.24) is 0 Å². The lowest BCUT2D eigenvalue weighted by Crippen LogP contribution is -2.11. The van der Waals surface area contributed by atoms with Crippen LogP contribution in [0.5, 0.6) is 0 Å². The van der Waals surface area contributed by atoms with E-state index in [1.807, 2.05) is 24.4 Å². The van der Waals surface area contributed by atoms with Gasteiger partial charge in [0.05, 0.1) is 4.88 Å². The number of hydrogen-bond acceptors (Lipinski definition) is 3. The molecular weight excluding hydrogens is 296 g/mol. The van der Waals surface area contributed by atoms with Crippen LogP contribution in [0.2, 0.25) is 0 Å². The molecule has 2 amide bonds. The minimum atomic E-state index is -0.222. The van der Waals surface area contributed by atoms with E-state index in [0.717, 1.165) is 0 Å². The summed E-state index contributed by atoms with van der Waals surface area (Å²) in [5, 5.41) is 7.39. The van der Waals surface area contributed by atoms with Crippen molar-refractivity contribution in [2.45, 2.75) is 6.92 Å². The number of allylic oxidation sites excluding steroid dienone is 3. The normalized spacial score (nSPS) is 11.0. The zero-order valence-corrected chi connectivity index (χ0v) is 12.9. The summed E-state index contributed by atoms with van der Waals surface area (Å²) in [5.41, 5.74) is 1.26. The molecule has 112 valence electrons. The molecule has 2 rings (SSSR count). The number of carbonyl (C=O) groups excluding carboxylic acids is 2. The summed E-state index contributed by atoms with van der Waals surface area (Å²) in [5.74, 6) is -0.383. The van der Waals surface area contributed by atoms with Gasteiger partial charge in [0.25, 0.3) is 5.91 Å². The Morgan fingerprint density at radius 3 is 2.50 bits per heavy atom. The third kappa shape index (κ3) is 4.71. The predicted molar refractivity (Wildman–Crippen MR) is 91.3 cm³/mol. The number of hydrogen-bond donors (Lipinski definition) is 2. The first kappa shape index (κ1) is 15.7. The van der Waals surface area contributed by atoms with Crippen molar-refractivity contribution in [3.05, 3.63) is 71.0 Å². The SMILES string of the molecule is C/C=C/C=C/C(=O)Nc1cccc(NC(=O)c2cccs2)c1. The fourth-order valence-electron chi connectivity index (χ4n) is 1.71. The van der Waals surface area contributed by atoms with Gasteiger partial charge in [-0.2, -0.15) is 0 Å². The van der Waals surface area contributed by atoms with Crippen molar-refractivity contribution < 1.29 is 9.59 Å². The number of benzene rings is 1. The van der Waals surface area contributed by atoms with Crippen LogP contribution in [0.25, 0.3) is 0 Å². The molecule has 0 bridgehead atoms. The topological polar surface area (TPSA) is 58.2 Å². The fourth-order valence-corrected chi connectivity index (χ4v) is 2.33. The fraction of sp³-hybridized carbons (Fsp3) is 0.0588. The molecule has 0 unspecified atom stereocenters. The number of nitrogens with one attached hydrogen (secondary N) is 2. The van der Waals surface area contributed by atoms with Gasteiger partial charge in [-0.25, -0.2) is 0 Å². The Hall–Kier alpha value is -2.66. The molecular formula is C17H16N2O2S. The lowest BCUT2D eigenvalue weighted by Gasteiger charge is -2.07. The van der Waals surface area contributed by atoms with Crippen LogP contribution in [-0.4, -0.2) is 11.8 Å². The molecule has 0 saturated carbocycles. The Balaban J connectivity index is 2.01. The van der Waals surface area contributed by atoms with E-state index in [9.17, 15) is 9.59 Å². The molecule has 4 nitrogen and oxygen atoms in total. The van der Waals surface area contributed by atoms with Crippen molar-refractivity contribution in [2.75, 3.05) is 10.6 Å². The number of rotatable bonds is 5. The van der Waals surface area contributed by atoms with E-state index in [1.54, 1.807) is 42.5 Å². The van der Waals surface area contributed by atoms with Gasteiger partial charge < -0.3 is 10.6 Å². The molecule has 1 heterocycles. The maximum absolute atomic E-state index is 12.0. The molecule has 0 aliphatic rings. The summed E-state index contributed by atoms with van der Waals surface area (Å²) in [6, 6.07) is 10.6. The second-order valence-corrected chi connectivity index (χ2v) is 5.33. The van der Waals surface area contributed by atoms with Gasteiger partial charge in [-0.1, -0.05) is 30.4 Å². The van der Waals surface area contributed by atoms with E-state index in [2.05, 4.69) is 10.6 Å². The monoisotopic (exact) mass is 312 g/mol. The van der Waals surface area contributed by atoms with Crippen LogP contribution in [0.4, 0.5) is 11.4 Å². The molecule has 0 saturated heterocycles. The zero-order valence-electron chi connectivity index (χ0n) is 12.1. The Kier molecular flexibility index (Phi) is 5.68. The molecule has 0 atom stereocenters. The zero-order chi connectivity index (χ0) is 15.8. The van der Waals surface area contributed by atoms with E-state index >= 15 is 0 Å². The predicted octanol–water partition coefficient (Wildman–Crippen LogP) is 4.07. The molecule has 0 aliphatic carbocycles. The van der Waals surface area contributed by atoms with E-state index in [4.69, 9.17) is 0 Å². The van der Waals surface area contributed by atoms with Gasteiger partial charge in [-0.05, 0) is 36.6 Å². The van der Waals surface area contributed by atoms with Crippen LogP contribution in [0, 0.1) is 0 Å². The van der Waals surface area contributed by atoms with E-state index in [0.29, 0.717) is 16.3 Å². The Morgan fingerprint density at radius 1 is 1.05 bits per heavy atom. The first-order chi connectivity index (χ1) is 10.7. The van der Waals surface area contributed by atoms with Gasteiger partial charge in [-0.15, -0.1) is 11.3 Å². The van der Waals surface area contributed by atoms with Crippen LogP contribution in [0.3, 0.4) is 0 Å². The molecule has 1 aromatic heterocycles. The van der Waals surface area contributed by atoms with E-state index in [1.165, 1.54) is 17.4 Å². The van der Waals surface area contributed by atoms with Crippen LogP contribution in [0.1, 0.15) is 16.6 Å². The quantitative estimate of drug-likeness (QED) is 0.646.